The Bertz CT molecular complexity index is 1250. The van der Waals surface area contributed by atoms with E-state index >= 15 is 0 Å². The zero-order chi connectivity index (χ0) is 22.9. The quantitative estimate of drug-likeness (QED) is 0.575. The van der Waals surface area contributed by atoms with Gasteiger partial charge in [0, 0.05) is 12.7 Å². The predicted molar refractivity (Wildman–Crippen MR) is 123 cm³/mol. The Balaban J connectivity index is 1.58. The number of ether oxygens (including phenoxy) is 2. The molecular formula is C24H24N2O5S. The van der Waals surface area contributed by atoms with Gasteiger partial charge in [-0.2, -0.15) is 0 Å². The maximum absolute atomic E-state index is 13.0. The number of hydrogen-bond acceptors (Lipinski definition) is 5. The molecule has 0 fully saturated rings. The van der Waals surface area contributed by atoms with Crippen molar-refractivity contribution in [3.05, 3.63) is 72.3 Å². The third-order valence-electron chi connectivity index (χ3n) is 4.93. The molecule has 0 spiro atoms. The molecule has 1 N–H and O–H groups in total. The Kier molecular flexibility index (Phi) is 5.80. The molecule has 32 heavy (non-hydrogen) atoms. The van der Waals surface area contributed by atoms with Gasteiger partial charge in [-0.3, -0.25) is 9.52 Å². The van der Waals surface area contributed by atoms with Gasteiger partial charge in [-0.1, -0.05) is 26.0 Å². The first kappa shape index (κ1) is 21.7. The molecule has 1 aliphatic heterocycles. The molecule has 0 aromatic heterocycles. The largest absolute Gasteiger partial charge is 0.493 e. The molecule has 0 aliphatic carbocycles. The van der Waals surface area contributed by atoms with E-state index in [-0.39, 0.29) is 22.1 Å². The lowest BCUT2D eigenvalue weighted by molar-refractivity contribution is 0.0993. The van der Waals surface area contributed by atoms with Gasteiger partial charge in [-0.15, -0.1) is 0 Å². The molecule has 7 nitrogen and oxygen atoms in total. The number of carbonyl (C=O) groups excluding carboxylic acids is 1. The van der Waals surface area contributed by atoms with E-state index in [0.29, 0.717) is 35.5 Å². The molecule has 4 rings (SSSR count). The minimum atomic E-state index is -3.85. The SMILES string of the molecule is CC(C)COc1ccc(S(=O)(=O)Nc2ccc3c(c2)C(=O)N(C)c2ccccc2O3)cc1. The summed E-state index contributed by atoms with van der Waals surface area (Å²) in [5.41, 5.74) is 1.16. The number of hydrogen-bond donors (Lipinski definition) is 1. The number of nitrogens with zero attached hydrogens (tertiary/aromatic N) is 1. The summed E-state index contributed by atoms with van der Waals surface area (Å²) in [4.78, 5) is 14.6. The lowest BCUT2D eigenvalue weighted by Crippen LogP contribution is -2.25. The van der Waals surface area contributed by atoms with Gasteiger partial charge in [0.15, 0.2) is 5.75 Å². The molecule has 0 saturated carbocycles. The number of amides is 1. The third-order valence-corrected chi connectivity index (χ3v) is 6.33. The molecule has 0 atom stereocenters. The molecule has 1 aliphatic rings. The van der Waals surface area contributed by atoms with Gasteiger partial charge >= 0.3 is 0 Å². The van der Waals surface area contributed by atoms with Crippen LogP contribution in [-0.2, 0) is 10.0 Å². The van der Waals surface area contributed by atoms with Crippen molar-refractivity contribution in [1.29, 1.82) is 0 Å². The van der Waals surface area contributed by atoms with Crippen LogP contribution in [0.5, 0.6) is 17.2 Å². The Hall–Kier alpha value is -3.52. The van der Waals surface area contributed by atoms with Crippen LogP contribution in [-0.4, -0.2) is 28.0 Å². The average Bonchev–Trinajstić information content (AvgIpc) is 2.87. The van der Waals surface area contributed by atoms with Crippen LogP contribution in [0.2, 0.25) is 0 Å². The van der Waals surface area contributed by atoms with Gasteiger partial charge in [0.05, 0.1) is 22.8 Å². The van der Waals surface area contributed by atoms with E-state index in [0.717, 1.165) is 0 Å². The molecule has 3 aromatic carbocycles. The zero-order valence-corrected chi connectivity index (χ0v) is 18.8. The topological polar surface area (TPSA) is 84.9 Å². The predicted octanol–water partition coefficient (Wildman–Crippen LogP) is 4.90. The standard InChI is InChI=1S/C24H24N2O5S/c1-16(2)15-30-18-9-11-19(12-10-18)32(28,29)25-17-8-13-22-20(14-17)24(27)26(3)21-6-4-5-7-23(21)31-22/h4-14,16,25H,15H2,1-3H3. The fourth-order valence-electron chi connectivity index (χ4n) is 3.27. The zero-order valence-electron chi connectivity index (χ0n) is 18.0. The summed E-state index contributed by atoms with van der Waals surface area (Å²) < 4.78 is 39.8. The van der Waals surface area contributed by atoms with E-state index < -0.39 is 10.0 Å². The summed E-state index contributed by atoms with van der Waals surface area (Å²) in [5.74, 6) is 1.59. The molecule has 8 heteroatoms. The van der Waals surface area contributed by atoms with Gasteiger partial charge < -0.3 is 14.4 Å². The van der Waals surface area contributed by atoms with Gasteiger partial charge in [-0.25, -0.2) is 8.42 Å². The van der Waals surface area contributed by atoms with Crippen molar-refractivity contribution in [2.24, 2.45) is 5.92 Å². The number of rotatable bonds is 6. The number of carbonyl (C=O) groups is 1. The van der Waals surface area contributed by atoms with E-state index in [1.165, 1.54) is 23.1 Å². The number of sulfonamides is 1. The number of benzene rings is 3. The summed E-state index contributed by atoms with van der Waals surface area (Å²) in [6, 6.07) is 18.1. The van der Waals surface area contributed by atoms with Crippen LogP contribution in [0.4, 0.5) is 11.4 Å². The van der Waals surface area contributed by atoms with E-state index in [1.54, 1.807) is 43.4 Å². The fraction of sp³-hybridized carbons (Fsp3) is 0.208. The summed E-state index contributed by atoms with van der Waals surface area (Å²) >= 11 is 0. The lowest BCUT2D eigenvalue weighted by atomic mass is 10.1. The van der Waals surface area contributed by atoms with Gasteiger partial charge in [-0.05, 0) is 60.5 Å². The van der Waals surface area contributed by atoms with Crippen molar-refractivity contribution < 1.29 is 22.7 Å². The second-order valence-corrected chi connectivity index (χ2v) is 9.61. The normalized spacial score (nSPS) is 13.1. The van der Waals surface area contributed by atoms with Gasteiger partial charge in [0.2, 0.25) is 0 Å². The molecule has 1 amide bonds. The number of fused-ring (bicyclic) bond motifs is 2. The van der Waals surface area contributed by atoms with Crippen molar-refractivity contribution in [1.82, 2.24) is 0 Å². The summed E-state index contributed by atoms with van der Waals surface area (Å²) in [6.07, 6.45) is 0. The monoisotopic (exact) mass is 452 g/mol. The van der Waals surface area contributed by atoms with E-state index in [9.17, 15) is 13.2 Å². The Morgan fingerprint density at radius 3 is 2.44 bits per heavy atom. The minimum Gasteiger partial charge on any atom is -0.493 e. The fourth-order valence-corrected chi connectivity index (χ4v) is 4.32. The molecule has 0 saturated heterocycles. The summed E-state index contributed by atoms with van der Waals surface area (Å²) in [5, 5.41) is 0. The van der Waals surface area contributed by atoms with Crippen LogP contribution in [0.3, 0.4) is 0 Å². The highest BCUT2D eigenvalue weighted by atomic mass is 32.2. The van der Waals surface area contributed by atoms with Crippen LogP contribution in [0.15, 0.2) is 71.6 Å². The Labute approximate surface area is 187 Å². The van der Waals surface area contributed by atoms with Crippen LogP contribution >= 0.6 is 0 Å². The molecule has 166 valence electrons. The van der Waals surface area contributed by atoms with Crippen molar-refractivity contribution in [3.63, 3.8) is 0 Å². The molecule has 3 aromatic rings. The highest BCUT2D eigenvalue weighted by Gasteiger charge is 2.26. The van der Waals surface area contributed by atoms with Gasteiger partial charge in [0.25, 0.3) is 15.9 Å². The second-order valence-electron chi connectivity index (χ2n) is 7.93. The Morgan fingerprint density at radius 1 is 1.00 bits per heavy atom. The molecular weight excluding hydrogens is 428 g/mol. The first-order valence-electron chi connectivity index (χ1n) is 10.2. The van der Waals surface area contributed by atoms with E-state index in [4.69, 9.17) is 9.47 Å². The first-order valence-corrected chi connectivity index (χ1v) is 11.7. The van der Waals surface area contributed by atoms with E-state index in [2.05, 4.69) is 4.72 Å². The van der Waals surface area contributed by atoms with Crippen molar-refractivity contribution in [2.45, 2.75) is 18.7 Å². The van der Waals surface area contributed by atoms with Crippen LogP contribution in [0, 0.1) is 5.92 Å². The Morgan fingerprint density at radius 2 is 1.72 bits per heavy atom. The van der Waals surface area contributed by atoms with Crippen molar-refractivity contribution in [2.75, 3.05) is 23.3 Å². The van der Waals surface area contributed by atoms with Crippen LogP contribution in [0.25, 0.3) is 0 Å². The maximum atomic E-state index is 13.0. The summed E-state index contributed by atoms with van der Waals surface area (Å²) in [6.45, 7) is 4.62. The smallest absolute Gasteiger partial charge is 0.261 e. The number of nitrogens with one attached hydrogen (secondary N) is 1. The molecule has 1 heterocycles. The molecule has 0 radical (unpaired) electrons. The summed E-state index contributed by atoms with van der Waals surface area (Å²) in [7, 11) is -2.20. The lowest BCUT2D eigenvalue weighted by Gasteiger charge is -2.16. The molecule has 0 bridgehead atoms. The van der Waals surface area contributed by atoms with Crippen LogP contribution < -0.4 is 19.1 Å². The number of para-hydroxylation sites is 2. The van der Waals surface area contributed by atoms with Gasteiger partial charge in [0.1, 0.15) is 11.5 Å². The van der Waals surface area contributed by atoms with Crippen molar-refractivity contribution in [3.8, 4) is 17.2 Å². The average molecular weight is 453 g/mol. The van der Waals surface area contributed by atoms with Crippen molar-refractivity contribution >= 4 is 27.3 Å². The maximum Gasteiger partial charge on any atom is 0.261 e. The molecule has 0 unspecified atom stereocenters. The third kappa shape index (κ3) is 4.40. The highest BCUT2D eigenvalue weighted by Crippen LogP contribution is 2.39. The first-order chi connectivity index (χ1) is 15.2. The highest BCUT2D eigenvalue weighted by molar-refractivity contribution is 7.92. The second kappa shape index (κ2) is 8.55. The number of anilines is 2. The van der Waals surface area contributed by atoms with Crippen LogP contribution in [0.1, 0.15) is 24.2 Å². The minimum absolute atomic E-state index is 0.0939. The van der Waals surface area contributed by atoms with E-state index in [1.807, 2.05) is 26.0 Å².